The maximum atomic E-state index is 12.9. The molecule has 2 heterocycles. The van der Waals surface area contributed by atoms with Crippen LogP contribution in [0, 0.1) is 3.57 Å². The van der Waals surface area contributed by atoms with Crippen LogP contribution >= 0.6 is 22.6 Å². The second kappa shape index (κ2) is 10.7. The topological polar surface area (TPSA) is 149 Å². The number of nitrogens with zero attached hydrogens (tertiary/aromatic N) is 2. The number of hydrogen-bond donors (Lipinski definition) is 5. The zero-order valence-electron chi connectivity index (χ0n) is 22.0. The number of H-pyrrole nitrogens is 1. The smallest absolute Gasteiger partial charge is 0.339 e. The number of carboxylic acids is 1. The van der Waals surface area contributed by atoms with E-state index in [4.69, 9.17) is 0 Å². The number of carboxylic acid groups (broad SMARTS) is 1. The number of aryl methyl sites for hydroxylation is 1. The van der Waals surface area contributed by atoms with Crippen LogP contribution in [0.2, 0.25) is 0 Å². The lowest BCUT2D eigenvalue weighted by atomic mass is 10.1. The molecule has 0 unspecified atom stereocenters. The third-order valence-corrected chi connectivity index (χ3v) is 8.00. The Morgan fingerprint density at radius 1 is 0.905 bits per heavy atom. The van der Waals surface area contributed by atoms with Gasteiger partial charge in [-0.15, -0.1) is 0 Å². The zero-order chi connectivity index (χ0) is 29.5. The number of carbonyl (C=O) groups excluding carboxylic acids is 2. The standard InChI is InChI=1S/C31H22IN5O5/c1-37-24-15-25(38)20(31(41)42)14-19(24)26(32)27(37)16-7-6-8-17(13-16)33-29(39)30(40)36-21-10-3-2-9-18(21)28-34-22-11-4-5-12-23(22)35-28/h2-15,38H,1H3,(H,33,39)(H,34,35)(H,36,40)(H,41,42). The molecule has 10 nitrogen and oxygen atoms in total. The van der Waals surface area contributed by atoms with Crippen molar-refractivity contribution in [1.82, 2.24) is 14.5 Å². The largest absolute Gasteiger partial charge is 0.507 e. The number of para-hydroxylation sites is 3. The average molecular weight is 671 g/mol. The first kappa shape index (κ1) is 27.0. The number of imidazole rings is 1. The van der Waals surface area contributed by atoms with Gasteiger partial charge in [-0.3, -0.25) is 9.59 Å². The number of hydrogen-bond acceptors (Lipinski definition) is 5. The van der Waals surface area contributed by atoms with Crippen molar-refractivity contribution < 1.29 is 24.6 Å². The number of amides is 2. The summed E-state index contributed by atoms with van der Waals surface area (Å²) in [6, 6.07) is 24.5. The van der Waals surface area contributed by atoms with Crippen molar-refractivity contribution in [3.8, 4) is 28.4 Å². The highest BCUT2D eigenvalue weighted by molar-refractivity contribution is 14.1. The molecule has 0 aliphatic heterocycles. The number of nitrogens with one attached hydrogen (secondary N) is 3. The first-order valence-corrected chi connectivity index (χ1v) is 13.8. The van der Waals surface area contributed by atoms with Gasteiger partial charge in [0.15, 0.2) is 0 Å². The van der Waals surface area contributed by atoms with Crippen LogP contribution in [-0.4, -0.2) is 42.5 Å². The molecule has 5 N–H and O–H groups in total. The Balaban J connectivity index is 1.25. The fourth-order valence-electron chi connectivity index (χ4n) is 4.91. The second-order valence-electron chi connectivity index (χ2n) is 9.55. The summed E-state index contributed by atoms with van der Waals surface area (Å²) in [6.45, 7) is 0. The van der Waals surface area contributed by atoms with Gasteiger partial charge in [0.1, 0.15) is 17.1 Å². The highest BCUT2D eigenvalue weighted by Crippen LogP contribution is 2.37. The fraction of sp³-hybridized carbons (Fsp3) is 0.0323. The molecule has 0 fully saturated rings. The number of anilines is 2. The highest BCUT2D eigenvalue weighted by atomic mass is 127. The molecule has 0 spiro atoms. The summed E-state index contributed by atoms with van der Waals surface area (Å²) < 4.78 is 2.61. The van der Waals surface area contributed by atoms with E-state index in [9.17, 15) is 24.6 Å². The van der Waals surface area contributed by atoms with E-state index in [-0.39, 0.29) is 11.3 Å². The van der Waals surface area contributed by atoms with Gasteiger partial charge in [-0.1, -0.05) is 36.4 Å². The minimum Gasteiger partial charge on any atom is -0.507 e. The first-order valence-electron chi connectivity index (χ1n) is 12.7. The van der Waals surface area contributed by atoms with E-state index in [2.05, 4.69) is 43.2 Å². The second-order valence-corrected chi connectivity index (χ2v) is 10.6. The number of halogens is 1. The van der Waals surface area contributed by atoms with Crippen LogP contribution in [0.4, 0.5) is 11.4 Å². The molecular formula is C31H22IN5O5. The van der Waals surface area contributed by atoms with Gasteiger partial charge in [-0.2, -0.15) is 0 Å². The summed E-state index contributed by atoms with van der Waals surface area (Å²) >= 11 is 2.13. The van der Waals surface area contributed by atoms with Crippen molar-refractivity contribution >= 4 is 73.7 Å². The Bertz CT molecular complexity index is 2030. The van der Waals surface area contributed by atoms with Crippen LogP contribution in [-0.2, 0) is 16.6 Å². The molecule has 2 amide bonds. The van der Waals surface area contributed by atoms with Gasteiger partial charge >= 0.3 is 17.8 Å². The molecule has 11 heteroatoms. The van der Waals surface area contributed by atoms with Gasteiger partial charge in [0.05, 0.1) is 27.9 Å². The van der Waals surface area contributed by atoms with Gasteiger partial charge in [-0.05, 0) is 65.1 Å². The lowest BCUT2D eigenvalue weighted by Crippen LogP contribution is -2.29. The summed E-state index contributed by atoms with van der Waals surface area (Å²) in [4.78, 5) is 45.2. The molecule has 0 saturated heterocycles. The third kappa shape index (κ3) is 4.83. The molecule has 0 aliphatic rings. The third-order valence-electron chi connectivity index (χ3n) is 6.91. The van der Waals surface area contributed by atoms with Crippen LogP contribution in [0.15, 0.2) is 84.9 Å². The summed E-state index contributed by atoms with van der Waals surface area (Å²) in [6.07, 6.45) is 0. The SMILES string of the molecule is Cn1c(-c2cccc(NC(=O)C(=O)Nc3ccccc3-c3nc4ccccc4[nH]3)c2)c(I)c2cc(C(=O)O)c(O)cc21. The summed E-state index contributed by atoms with van der Waals surface area (Å²) in [5.41, 5.74) is 5.04. The number of aromatic hydroxyl groups is 1. The van der Waals surface area contributed by atoms with Crippen LogP contribution in [0.3, 0.4) is 0 Å². The van der Waals surface area contributed by atoms with E-state index in [1.165, 1.54) is 12.1 Å². The molecule has 42 heavy (non-hydrogen) atoms. The van der Waals surface area contributed by atoms with E-state index in [1.54, 1.807) is 43.4 Å². The van der Waals surface area contributed by atoms with Gasteiger partial charge in [-0.25, -0.2) is 9.78 Å². The minimum absolute atomic E-state index is 0.188. The zero-order valence-corrected chi connectivity index (χ0v) is 24.1. The average Bonchev–Trinajstić information content (AvgIpc) is 3.51. The number of fused-ring (bicyclic) bond motifs is 2. The molecule has 2 aromatic heterocycles. The number of aromatic carboxylic acids is 1. The quantitative estimate of drug-likeness (QED) is 0.113. The van der Waals surface area contributed by atoms with Crippen molar-refractivity contribution in [3.63, 3.8) is 0 Å². The monoisotopic (exact) mass is 671 g/mol. The van der Waals surface area contributed by atoms with Crippen molar-refractivity contribution in [2.24, 2.45) is 7.05 Å². The molecular weight excluding hydrogens is 649 g/mol. The Morgan fingerprint density at radius 3 is 2.43 bits per heavy atom. The van der Waals surface area contributed by atoms with Crippen molar-refractivity contribution in [2.45, 2.75) is 0 Å². The highest BCUT2D eigenvalue weighted by Gasteiger charge is 2.21. The van der Waals surface area contributed by atoms with E-state index in [0.29, 0.717) is 33.7 Å². The van der Waals surface area contributed by atoms with Gasteiger partial charge in [0.25, 0.3) is 0 Å². The van der Waals surface area contributed by atoms with Crippen LogP contribution in [0.1, 0.15) is 10.4 Å². The molecule has 0 saturated carbocycles. The number of rotatable bonds is 5. The molecule has 6 aromatic rings. The Kier molecular flexibility index (Phi) is 6.86. The maximum Gasteiger partial charge on any atom is 0.339 e. The Hall–Kier alpha value is -5.17. The van der Waals surface area contributed by atoms with E-state index < -0.39 is 17.8 Å². The molecule has 0 aliphatic carbocycles. The molecule has 6 rings (SSSR count). The predicted molar refractivity (Wildman–Crippen MR) is 168 cm³/mol. The molecule has 208 valence electrons. The van der Waals surface area contributed by atoms with E-state index >= 15 is 0 Å². The lowest BCUT2D eigenvalue weighted by Gasteiger charge is -2.11. The fourth-order valence-corrected chi connectivity index (χ4v) is 6.01. The number of aromatic amines is 1. The Morgan fingerprint density at radius 2 is 1.64 bits per heavy atom. The summed E-state index contributed by atoms with van der Waals surface area (Å²) in [5.74, 6) is -2.69. The maximum absolute atomic E-state index is 12.9. The van der Waals surface area contributed by atoms with Gasteiger partial charge in [0, 0.05) is 38.9 Å². The first-order chi connectivity index (χ1) is 20.2. The molecule has 0 radical (unpaired) electrons. The number of aromatic nitrogens is 3. The van der Waals surface area contributed by atoms with Crippen molar-refractivity contribution in [2.75, 3.05) is 10.6 Å². The normalized spacial score (nSPS) is 11.1. The molecule has 4 aromatic carbocycles. The van der Waals surface area contributed by atoms with E-state index in [0.717, 1.165) is 25.9 Å². The minimum atomic E-state index is -1.22. The van der Waals surface area contributed by atoms with Gasteiger partial charge in [0.2, 0.25) is 0 Å². The van der Waals surface area contributed by atoms with Gasteiger partial charge < -0.3 is 30.4 Å². The lowest BCUT2D eigenvalue weighted by molar-refractivity contribution is -0.132. The van der Waals surface area contributed by atoms with Crippen LogP contribution in [0.5, 0.6) is 5.75 Å². The van der Waals surface area contributed by atoms with Crippen LogP contribution < -0.4 is 10.6 Å². The summed E-state index contributed by atoms with van der Waals surface area (Å²) in [5, 5.41) is 25.6. The Labute approximate surface area is 252 Å². The van der Waals surface area contributed by atoms with Crippen LogP contribution in [0.25, 0.3) is 44.6 Å². The molecule has 0 bridgehead atoms. The number of phenols is 1. The number of benzene rings is 4. The van der Waals surface area contributed by atoms with E-state index in [1.807, 2.05) is 41.0 Å². The van der Waals surface area contributed by atoms with Crippen molar-refractivity contribution in [1.29, 1.82) is 0 Å². The number of carbonyl (C=O) groups is 3. The van der Waals surface area contributed by atoms with Crippen molar-refractivity contribution in [3.05, 3.63) is 94.1 Å². The molecule has 0 atom stereocenters. The predicted octanol–water partition coefficient (Wildman–Crippen LogP) is 5.97. The summed E-state index contributed by atoms with van der Waals surface area (Å²) in [7, 11) is 1.80.